The molecule has 0 radical (unpaired) electrons. The van der Waals surface area contributed by atoms with E-state index in [1.807, 2.05) is 0 Å². The van der Waals surface area contributed by atoms with Gasteiger partial charge in [-0.05, 0) is 6.07 Å². The van der Waals surface area contributed by atoms with Crippen molar-refractivity contribution < 1.29 is 26.3 Å². The summed E-state index contributed by atoms with van der Waals surface area (Å²) in [7, 11) is 0. The summed E-state index contributed by atoms with van der Waals surface area (Å²) in [5, 5.41) is 0.161. The molecule has 0 aliphatic rings. The molecule has 116 valence electrons. The molecule has 22 heavy (non-hydrogen) atoms. The molecule has 0 saturated carbocycles. The monoisotopic (exact) mass is 337 g/mol. The van der Waals surface area contributed by atoms with Gasteiger partial charge >= 0.3 is 12.1 Å². The van der Waals surface area contributed by atoms with Crippen molar-refractivity contribution in [3.8, 4) is 10.6 Å². The minimum absolute atomic E-state index is 0.0856. The zero-order valence-electron chi connectivity index (χ0n) is 10.4. The van der Waals surface area contributed by atoms with E-state index in [-0.39, 0.29) is 32.9 Å². The first-order chi connectivity index (χ1) is 10.2. The van der Waals surface area contributed by atoms with E-state index in [4.69, 9.17) is 0 Å². The second-order valence-corrected chi connectivity index (χ2v) is 5.38. The maximum Gasteiger partial charge on any atom is 0.459 e. The van der Waals surface area contributed by atoms with Gasteiger partial charge in [-0.3, -0.25) is 0 Å². The zero-order chi connectivity index (χ0) is 16.1. The van der Waals surface area contributed by atoms with Gasteiger partial charge in [0.15, 0.2) is 0 Å². The highest BCUT2D eigenvalue weighted by Crippen LogP contribution is 2.47. The number of pyridine rings is 1. The Hall–Kier alpha value is -2.10. The van der Waals surface area contributed by atoms with E-state index < -0.39 is 22.8 Å². The number of H-pyrrole nitrogens is 1. The lowest BCUT2D eigenvalue weighted by molar-refractivity contribution is -0.287. The van der Waals surface area contributed by atoms with Crippen LogP contribution < -0.4 is 0 Å². The van der Waals surface area contributed by atoms with Crippen LogP contribution in [-0.2, 0) is 5.92 Å². The minimum atomic E-state index is -5.70. The zero-order valence-corrected chi connectivity index (χ0v) is 11.2. The molecule has 3 aromatic rings. The van der Waals surface area contributed by atoms with E-state index in [0.29, 0.717) is 6.20 Å². The van der Waals surface area contributed by atoms with Gasteiger partial charge in [-0.1, -0.05) is 0 Å². The van der Waals surface area contributed by atoms with Crippen LogP contribution in [0.25, 0.3) is 21.6 Å². The van der Waals surface area contributed by atoms with Crippen LogP contribution >= 0.6 is 11.3 Å². The summed E-state index contributed by atoms with van der Waals surface area (Å²) >= 11 is 0.194. The number of nitrogens with one attached hydrogen (secondary N) is 1. The number of aromatic nitrogens is 3. The van der Waals surface area contributed by atoms with Crippen LogP contribution in [0.5, 0.6) is 0 Å². The van der Waals surface area contributed by atoms with Crippen LogP contribution in [0, 0.1) is 5.82 Å². The third-order valence-corrected chi connectivity index (χ3v) is 4.00. The van der Waals surface area contributed by atoms with E-state index in [2.05, 4.69) is 15.0 Å². The minimum Gasteiger partial charge on any atom is -0.345 e. The first-order valence-electron chi connectivity index (χ1n) is 5.74. The summed E-state index contributed by atoms with van der Waals surface area (Å²) in [6.45, 7) is 0. The number of hydrogen-bond donors (Lipinski definition) is 1. The van der Waals surface area contributed by atoms with Crippen LogP contribution in [-0.4, -0.2) is 21.1 Å². The molecule has 0 unspecified atom stereocenters. The summed E-state index contributed by atoms with van der Waals surface area (Å²) in [6.07, 6.45) is -2.96. The van der Waals surface area contributed by atoms with Crippen molar-refractivity contribution in [2.24, 2.45) is 0 Å². The van der Waals surface area contributed by atoms with Crippen molar-refractivity contribution in [3.05, 3.63) is 35.4 Å². The van der Waals surface area contributed by atoms with Gasteiger partial charge in [0.05, 0.1) is 6.20 Å². The van der Waals surface area contributed by atoms with Crippen LogP contribution in [0.15, 0.2) is 24.7 Å². The molecule has 3 aromatic heterocycles. The first kappa shape index (κ1) is 14.8. The fourth-order valence-electron chi connectivity index (χ4n) is 1.84. The molecule has 10 heteroatoms. The lowest BCUT2D eigenvalue weighted by Gasteiger charge is -2.17. The van der Waals surface area contributed by atoms with Crippen molar-refractivity contribution in [2.75, 3.05) is 0 Å². The third kappa shape index (κ3) is 2.23. The Balaban J connectivity index is 2.09. The molecule has 0 atom stereocenters. The van der Waals surface area contributed by atoms with Crippen molar-refractivity contribution in [1.82, 2.24) is 15.0 Å². The molecule has 0 fully saturated rings. The molecule has 1 N–H and O–H groups in total. The SMILES string of the molecule is Fc1cnc2[nH]cc(-c3ncc(C(F)(F)C(F)(F)F)s3)c2c1. The Morgan fingerprint density at radius 1 is 1.05 bits per heavy atom. The highest BCUT2D eigenvalue weighted by atomic mass is 32.1. The van der Waals surface area contributed by atoms with Crippen molar-refractivity contribution in [2.45, 2.75) is 12.1 Å². The van der Waals surface area contributed by atoms with E-state index in [9.17, 15) is 26.3 Å². The highest BCUT2D eigenvalue weighted by Gasteiger charge is 2.60. The number of rotatable bonds is 2. The largest absolute Gasteiger partial charge is 0.459 e. The number of fused-ring (bicyclic) bond motifs is 1. The highest BCUT2D eigenvalue weighted by molar-refractivity contribution is 7.15. The Bertz CT molecular complexity index is 835. The molecule has 3 nitrogen and oxygen atoms in total. The van der Waals surface area contributed by atoms with Gasteiger partial charge in [-0.15, -0.1) is 11.3 Å². The molecule has 0 saturated heterocycles. The smallest absolute Gasteiger partial charge is 0.345 e. The average Bonchev–Trinajstić information content (AvgIpc) is 3.02. The lowest BCUT2D eigenvalue weighted by atomic mass is 10.2. The standard InChI is InChI=1S/C12H5F6N3S/c13-5-1-6-7(3-20-9(6)19-2-5)10-21-4-8(22-10)11(14,15)12(16,17)18/h1-4H,(H,19,20). The normalized spacial score (nSPS) is 13.0. The van der Waals surface area contributed by atoms with Gasteiger partial charge in [-0.2, -0.15) is 22.0 Å². The topological polar surface area (TPSA) is 41.6 Å². The maximum atomic E-state index is 13.3. The Kier molecular flexibility index (Phi) is 3.17. The fraction of sp³-hybridized carbons (Fsp3) is 0.167. The predicted molar refractivity (Wildman–Crippen MR) is 67.1 cm³/mol. The number of thiazole rings is 1. The molecule has 0 amide bonds. The molecule has 3 rings (SSSR count). The average molecular weight is 337 g/mol. The van der Waals surface area contributed by atoms with Gasteiger partial charge in [0.2, 0.25) is 0 Å². The van der Waals surface area contributed by atoms with Gasteiger partial charge < -0.3 is 4.98 Å². The summed E-state index contributed by atoms with van der Waals surface area (Å²) in [6, 6.07) is 1.09. The van der Waals surface area contributed by atoms with Crippen LogP contribution in [0.4, 0.5) is 26.3 Å². The second-order valence-electron chi connectivity index (χ2n) is 4.35. The molecule has 0 bridgehead atoms. The molecular formula is C12H5F6N3S. The molecule has 0 aliphatic heterocycles. The molecule has 0 aliphatic carbocycles. The van der Waals surface area contributed by atoms with Gasteiger partial charge in [0, 0.05) is 23.3 Å². The maximum absolute atomic E-state index is 13.3. The first-order valence-corrected chi connectivity index (χ1v) is 6.55. The van der Waals surface area contributed by atoms with Crippen molar-refractivity contribution in [1.29, 1.82) is 0 Å². The summed E-state index contributed by atoms with van der Waals surface area (Å²) in [5.74, 6) is -5.65. The Labute approximate surface area is 122 Å². The number of nitrogens with zero attached hydrogens (tertiary/aromatic N) is 2. The third-order valence-electron chi connectivity index (χ3n) is 2.90. The molecule has 0 aromatic carbocycles. The van der Waals surface area contributed by atoms with Crippen molar-refractivity contribution >= 4 is 22.4 Å². The second kappa shape index (κ2) is 4.70. The molecular weight excluding hydrogens is 332 g/mol. The van der Waals surface area contributed by atoms with E-state index in [1.165, 1.54) is 6.20 Å². The van der Waals surface area contributed by atoms with Crippen LogP contribution in [0.3, 0.4) is 0 Å². The van der Waals surface area contributed by atoms with E-state index in [0.717, 1.165) is 12.3 Å². The molecule has 3 heterocycles. The number of halogens is 6. The van der Waals surface area contributed by atoms with Crippen LogP contribution in [0.2, 0.25) is 0 Å². The summed E-state index contributed by atoms with van der Waals surface area (Å²) in [5.41, 5.74) is 0.479. The summed E-state index contributed by atoms with van der Waals surface area (Å²) in [4.78, 5) is 8.77. The summed E-state index contributed by atoms with van der Waals surface area (Å²) < 4.78 is 76.7. The quantitative estimate of drug-likeness (QED) is 0.701. The van der Waals surface area contributed by atoms with Crippen molar-refractivity contribution in [3.63, 3.8) is 0 Å². The Morgan fingerprint density at radius 3 is 2.45 bits per heavy atom. The van der Waals surface area contributed by atoms with Gasteiger partial charge in [-0.25, -0.2) is 14.4 Å². The lowest BCUT2D eigenvalue weighted by Crippen LogP contribution is -2.32. The fourth-order valence-corrected chi connectivity index (χ4v) is 2.78. The van der Waals surface area contributed by atoms with Gasteiger partial charge in [0.1, 0.15) is 21.3 Å². The Morgan fingerprint density at radius 2 is 1.77 bits per heavy atom. The van der Waals surface area contributed by atoms with Crippen LogP contribution in [0.1, 0.15) is 4.88 Å². The number of hydrogen-bond acceptors (Lipinski definition) is 3. The number of aromatic amines is 1. The van der Waals surface area contributed by atoms with E-state index >= 15 is 0 Å². The van der Waals surface area contributed by atoms with Gasteiger partial charge in [0.25, 0.3) is 0 Å². The number of alkyl halides is 5. The van der Waals surface area contributed by atoms with E-state index in [1.54, 1.807) is 0 Å². The predicted octanol–water partition coefficient (Wildman–Crippen LogP) is 4.48. The molecule has 0 spiro atoms.